The first-order chi connectivity index (χ1) is 6.93. The van der Waals surface area contributed by atoms with E-state index in [1.807, 2.05) is 0 Å². The largest absolute Gasteiger partial charge is 0.396 e. The molecule has 0 aromatic carbocycles. The lowest BCUT2D eigenvalue weighted by Gasteiger charge is -2.19. The van der Waals surface area contributed by atoms with Crippen LogP contribution in [0.15, 0.2) is 0 Å². The van der Waals surface area contributed by atoms with Gasteiger partial charge in [-0.1, -0.05) is 25.7 Å². The molecule has 0 aromatic heterocycles. The molecule has 0 heterocycles. The highest BCUT2D eigenvalue weighted by Crippen LogP contribution is 2.18. The van der Waals surface area contributed by atoms with Crippen LogP contribution in [-0.4, -0.2) is 24.4 Å². The molecule has 0 spiro atoms. The molecular weight excluding hydrogens is 176 g/mol. The minimum Gasteiger partial charge on any atom is -0.396 e. The Morgan fingerprint density at radius 2 is 2.14 bits per heavy atom. The molecule has 1 aliphatic rings. The highest BCUT2D eigenvalue weighted by molar-refractivity contribution is 4.74. The predicted molar refractivity (Wildman–Crippen MR) is 58.1 cm³/mol. The van der Waals surface area contributed by atoms with Gasteiger partial charge >= 0.3 is 0 Å². The van der Waals surface area contributed by atoms with Gasteiger partial charge in [0.15, 0.2) is 0 Å². The van der Waals surface area contributed by atoms with E-state index in [9.17, 15) is 0 Å². The number of unbranched alkanes of at least 4 members (excludes halogenated alkanes) is 1. The minimum atomic E-state index is 0.292. The minimum absolute atomic E-state index is 0.292. The van der Waals surface area contributed by atoms with E-state index in [0.29, 0.717) is 12.7 Å². The van der Waals surface area contributed by atoms with E-state index < -0.39 is 0 Å². The average molecular weight is 199 g/mol. The normalized spacial score (nSPS) is 20.4. The van der Waals surface area contributed by atoms with Gasteiger partial charge in [0.05, 0.1) is 6.10 Å². The lowest BCUT2D eigenvalue weighted by Crippen LogP contribution is -2.15. The summed E-state index contributed by atoms with van der Waals surface area (Å²) in [5, 5.41) is 8.62. The topological polar surface area (TPSA) is 29.5 Å². The van der Waals surface area contributed by atoms with Crippen LogP contribution < -0.4 is 0 Å². The summed E-state index contributed by atoms with van der Waals surface area (Å²) in [6, 6.07) is 0. The van der Waals surface area contributed by atoms with Gasteiger partial charge < -0.3 is 9.84 Å². The zero-order chi connectivity index (χ0) is 10.1. The third-order valence-electron chi connectivity index (χ3n) is 2.77. The van der Waals surface area contributed by atoms with Gasteiger partial charge in [-0.2, -0.15) is 0 Å². The van der Waals surface area contributed by atoms with Crippen LogP contribution in [-0.2, 0) is 4.74 Å². The van der Waals surface area contributed by atoms with Gasteiger partial charge in [0.2, 0.25) is 0 Å². The summed E-state index contributed by atoms with van der Waals surface area (Å²) in [4.78, 5) is 0. The number of hydrogen-bond donors (Lipinski definition) is 1. The van der Waals surface area contributed by atoms with Crippen molar-refractivity contribution in [2.45, 2.75) is 57.5 Å². The quantitative estimate of drug-likeness (QED) is 0.690. The monoisotopic (exact) mass is 199 g/mol. The molecule has 1 atom stereocenters. The summed E-state index contributed by atoms with van der Waals surface area (Å²) in [7, 11) is 0. The molecule has 0 aliphatic heterocycles. The smallest absolute Gasteiger partial charge is 0.0577 e. The van der Waals surface area contributed by atoms with E-state index in [4.69, 9.17) is 9.84 Å². The molecule has 2 nitrogen and oxygen atoms in total. The van der Waals surface area contributed by atoms with Crippen molar-refractivity contribution in [2.75, 3.05) is 13.2 Å². The fourth-order valence-electron chi connectivity index (χ4n) is 1.87. The molecule has 1 fully saturated rings. The Labute approximate surface area is 87.7 Å². The van der Waals surface area contributed by atoms with Crippen LogP contribution in [0.4, 0.5) is 0 Å². The lowest BCUT2D eigenvalue weighted by atomic mass is 9.98. The van der Waals surface area contributed by atoms with Crippen molar-refractivity contribution in [1.29, 1.82) is 0 Å². The van der Waals surface area contributed by atoms with E-state index >= 15 is 0 Å². The maximum Gasteiger partial charge on any atom is 0.0577 e. The van der Waals surface area contributed by atoms with Crippen molar-refractivity contribution in [3.63, 3.8) is 0 Å². The highest BCUT2D eigenvalue weighted by Gasteiger charge is 2.10. The molecule has 1 aliphatic carbocycles. The number of aliphatic hydroxyl groups excluding tert-OH is 1. The molecule has 0 aromatic rings. The zero-order valence-electron chi connectivity index (χ0n) is 9.08. The van der Waals surface area contributed by atoms with Gasteiger partial charge in [0, 0.05) is 13.2 Å². The second-order valence-electron chi connectivity index (χ2n) is 4.09. The zero-order valence-corrected chi connectivity index (χ0v) is 9.08. The molecule has 1 unspecified atom stereocenters. The van der Waals surface area contributed by atoms with Crippen molar-refractivity contribution in [1.82, 2.24) is 0 Å². The summed E-state index contributed by atoms with van der Waals surface area (Å²) in [6.45, 7) is 1.11. The molecule has 2 heteroatoms. The molecule has 14 heavy (non-hydrogen) atoms. The molecule has 1 radical (unpaired) electrons. The van der Waals surface area contributed by atoms with E-state index in [1.54, 1.807) is 0 Å². The summed E-state index contributed by atoms with van der Waals surface area (Å²) in [5.74, 6) is 0. The van der Waals surface area contributed by atoms with Gasteiger partial charge in [0.25, 0.3) is 0 Å². The second kappa shape index (κ2) is 8.25. The van der Waals surface area contributed by atoms with Crippen LogP contribution in [0.3, 0.4) is 0 Å². The Kier molecular flexibility index (Phi) is 7.06. The third kappa shape index (κ3) is 5.61. The van der Waals surface area contributed by atoms with Crippen LogP contribution in [0.2, 0.25) is 0 Å². The van der Waals surface area contributed by atoms with Crippen molar-refractivity contribution < 1.29 is 9.84 Å². The van der Waals surface area contributed by atoms with E-state index in [2.05, 4.69) is 6.42 Å². The van der Waals surface area contributed by atoms with Crippen molar-refractivity contribution >= 4 is 0 Å². The first-order valence-electron chi connectivity index (χ1n) is 5.97. The van der Waals surface area contributed by atoms with Crippen molar-refractivity contribution in [3.8, 4) is 0 Å². The Bertz CT molecular complexity index is 117. The number of rotatable bonds is 5. The van der Waals surface area contributed by atoms with E-state index in [0.717, 1.165) is 25.9 Å². The molecule has 0 saturated heterocycles. The fraction of sp³-hybridized carbons (Fsp3) is 0.917. The molecular formula is C12H23O2. The van der Waals surface area contributed by atoms with Gasteiger partial charge in [-0.15, -0.1) is 0 Å². The van der Waals surface area contributed by atoms with Crippen LogP contribution in [0.25, 0.3) is 0 Å². The Morgan fingerprint density at radius 1 is 1.21 bits per heavy atom. The highest BCUT2D eigenvalue weighted by atomic mass is 16.5. The molecule has 1 rings (SSSR count). The van der Waals surface area contributed by atoms with Gasteiger partial charge in [-0.3, -0.25) is 0 Å². The van der Waals surface area contributed by atoms with Crippen LogP contribution >= 0.6 is 0 Å². The first kappa shape index (κ1) is 12.0. The van der Waals surface area contributed by atoms with Crippen molar-refractivity contribution in [3.05, 3.63) is 6.42 Å². The second-order valence-corrected chi connectivity index (χ2v) is 4.09. The standard InChI is InChI=1S/C12H23O2/c13-10-6-7-11-14-12-8-4-2-1-3-5-9-12/h4,12-13H,1-3,5-11H2. The lowest BCUT2D eigenvalue weighted by molar-refractivity contribution is 0.0388. The average Bonchev–Trinajstić information content (AvgIpc) is 2.15. The molecule has 1 saturated carbocycles. The maximum atomic E-state index is 8.62. The first-order valence-corrected chi connectivity index (χ1v) is 5.97. The molecule has 0 bridgehead atoms. The summed E-state index contributed by atoms with van der Waals surface area (Å²) in [5.41, 5.74) is 0. The number of aliphatic hydroxyl groups is 1. The maximum absolute atomic E-state index is 8.62. The Hall–Kier alpha value is -0.0800. The van der Waals surface area contributed by atoms with Gasteiger partial charge in [0.1, 0.15) is 0 Å². The van der Waals surface area contributed by atoms with Crippen molar-refractivity contribution in [2.24, 2.45) is 0 Å². The van der Waals surface area contributed by atoms with Gasteiger partial charge in [-0.05, 0) is 32.1 Å². The third-order valence-corrected chi connectivity index (χ3v) is 2.77. The molecule has 1 N–H and O–H groups in total. The van der Waals surface area contributed by atoms with Crippen LogP contribution in [0.5, 0.6) is 0 Å². The van der Waals surface area contributed by atoms with E-state index in [1.165, 1.54) is 32.1 Å². The summed E-state index contributed by atoms with van der Waals surface area (Å²) >= 11 is 0. The van der Waals surface area contributed by atoms with E-state index in [-0.39, 0.29) is 0 Å². The Morgan fingerprint density at radius 3 is 3.00 bits per heavy atom. The van der Waals surface area contributed by atoms with Crippen LogP contribution in [0.1, 0.15) is 51.4 Å². The summed E-state index contributed by atoms with van der Waals surface area (Å²) in [6.07, 6.45) is 12.3. The molecule has 83 valence electrons. The Balaban J connectivity index is 2.02. The van der Waals surface area contributed by atoms with Gasteiger partial charge in [-0.25, -0.2) is 0 Å². The predicted octanol–water partition coefficient (Wildman–Crippen LogP) is 2.70. The van der Waals surface area contributed by atoms with Crippen LogP contribution in [0, 0.1) is 6.42 Å². The number of ether oxygens (including phenoxy) is 1. The summed E-state index contributed by atoms with van der Waals surface area (Å²) < 4.78 is 5.78. The molecule has 0 amide bonds. The fourth-order valence-corrected chi connectivity index (χ4v) is 1.87. The number of hydrogen-bond acceptors (Lipinski definition) is 2. The SMILES string of the molecule is OCCCCOC1C[CH]CCCCC1.